The average Bonchev–Trinajstić information content (AvgIpc) is 3.32. The lowest BCUT2D eigenvalue weighted by Crippen LogP contribution is -2.42. The highest BCUT2D eigenvalue weighted by atomic mass is 16.6. The molecule has 0 saturated carbocycles. The van der Waals surface area contributed by atoms with Crippen molar-refractivity contribution < 1.29 is 28.7 Å². The smallest absolute Gasteiger partial charge is 0.329 e. The van der Waals surface area contributed by atoms with Crippen molar-refractivity contribution in [1.82, 2.24) is 9.80 Å². The van der Waals surface area contributed by atoms with Crippen molar-refractivity contribution in [1.29, 1.82) is 0 Å². The zero-order valence-electron chi connectivity index (χ0n) is 15.7. The van der Waals surface area contributed by atoms with E-state index in [1.807, 2.05) is 0 Å². The van der Waals surface area contributed by atoms with Crippen molar-refractivity contribution in [3.63, 3.8) is 0 Å². The standard InChI is InChI=1S/C22H16N2O6/c25-18-13-5-1-2-6-14(13)19(26)23(18)10-9-12-11-17(22(29)30-12)24-20(27)15-7-3-4-8-16(15)21(24)28/h1-8,12,17H,9-11H2. The molecular weight excluding hydrogens is 388 g/mol. The van der Waals surface area contributed by atoms with Crippen LogP contribution >= 0.6 is 0 Å². The summed E-state index contributed by atoms with van der Waals surface area (Å²) >= 11 is 0. The van der Waals surface area contributed by atoms with Crippen LogP contribution in [0.1, 0.15) is 54.3 Å². The monoisotopic (exact) mass is 404 g/mol. The molecule has 2 atom stereocenters. The van der Waals surface area contributed by atoms with Crippen LogP contribution in [0.5, 0.6) is 0 Å². The Balaban J connectivity index is 1.27. The van der Waals surface area contributed by atoms with E-state index in [0.717, 1.165) is 9.80 Å². The number of hydrogen-bond donors (Lipinski definition) is 0. The van der Waals surface area contributed by atoms with Crippen LogP contribution in [0.2, 0.25) is 0 Å². The van der Waals surface area contributed by atoms with Gasteiger partial charge in [0.05, 0.1) is 22.3 Å². The summed E-state index contributed by atoms with van der Waals surface area (Å²) in [4.78, 5) is 64.7. The van der Waals surface area contributed by atoms with Crippen LogP contribution in [0.3, 0.4) is 0 Å². The van der Waals surface area contributed by atoms with Gasteiger partial charge in [0.1, 0.15) is 12.1 Å². The minimum atomic E-state index is -1.01. The fraction of sp³-hybridized carbons (Fsp3) is 0.227. The molecule has 5 rings (SSSR count). The number of ether oxygens (including phenoxy) is 1. The summed E-state index contributed by atoms with van der Waals surface area (Å²) in [6.07, 6.45) is -0.235. The molecule has 0 aromatic heterocycles. The van der Waals surface area contributed by atoms with Crippen LogP contribution in [0, 0.1) is 0 Å². The number of hydrogen-bond acceptors (Lipinski definition) is 6. The van der Waals surface area contributed by atoms with Gasteiger partial charge in [-0.2, -0.15) is 0 Å². The lowest BCUT2D eigenvalue weighted by molar-refractivity contribution is -0.144. The molecular formula is C22H16N2O6. The predicted octanol–water partition coefficient (Wildman–Crippen LogP) is 1.65. The van der Waals surface area contributed by atoms with E-state index in [9.17, 15) is 24.0 Å². The molecule has 1 fully saturated rings. The molecule has 3 aliphatic rings. The fourth-order valence-electron chi connectivity index (χ4n) is 4.23. The number of rotatable bonds is 4. The van der Waals surface area contributed by atoms with Gasteiger partial charge in [0.15, 0.2) is 0 Å². The van der Waals surface area contributed by atoms with Gasteiger partial charge in [-0.1, -0.05) is 24.3 Å². The number of fused-ring (bicyclic) bond motifs is 2. The second kappa shape index (κ2) is 6.62. The molecule has 3 aliphatic heterocycles. The first kappa shape index (κ1) is 18.2. The highest BCUT2D eigenvalue weighted by Gasteiger charge is 2.48. The molecule has 0 spiro atoms. The molecule has 30 heavy (non-hydrogen) atoms. The zero-order valence-corrected chi connectivity index (χ0v) is 15.7. The van der Waals surface area contributed by atoms with Gasteiger partial charge in [-0.25, -0.2) is 4.79 Å². The van der Waals surface area contributed by atoms with Crippen LogP contribution < -0.4 is 0 Å². The molecule has 4 amide bonds. The number of benzene rings is 2. The van der Waals surface area contributed by atoms with Crippen LogP contribution in [0.15, 0.2) is 48.5 Å². The summed E-state index contributed by atoms with van der Waals surface area (Å²) in [6, 6.07) is 12.0. The largest absolute Gasteiger partial charge is 0.461 e. The molecule has 0 bridgehead atoms. The van der Waals surface area contributed by atoms with E-state index >= 15 is 0 Å². The third-order valence-electron chi connectivity index (χ3n) is 5.73. The van der Waals surface area contributed by atoms with Gasteiger partial charge in [0.25, 0.3) is 23.6 Å². The van der Waals surface area contributed by atoms with Gasteiger partial charge >= 0.3 is 5.97 Å². The fourth-order valence-corrected chi connectivity index (χ4v) is 4.23. The molecule has 150 valence electrons. The van der Waals surface area contributed by atoms with Gasteiger partial charge < -0.3 is 4.74 Å². The number of carbonyl (C=O) groups excluding carboxylic acids is 5. The Bertz CT molecular complexity index is 1070. The minimum Gasteiger partial charge on any atom is -0.461 e. The zero-order chi connectivity index (χ0) is 21.0. The first-order valence-corrected chi connectivity index (χ1v) is 9.60. The molecule has 0 radical (unpaired) electrons. The van der Waals surface area contributed by atoms with Crippen molar-refractivity contribution in [2.24, 2.45) is 0 Å². The Morgan fingerprint density at radius 2 is 1.20 bits per heavy atom. The van der Waals surface area contributed by atoms with Gasteiger partial charge in [0.2, 0.25) is 0 Å². The summed E-state index contributed by atoms with van der Waals surface area (Å²) < 4.78 is 5.35. The first-order chi connectivity index (χ1) is 14.5. The quantitative estimate of drug-likeness (QED) is 0.567. The molecule has 1 saturated heterocycles. The average molecular weight is 404 g/mol. The van der Waals surface area contributed by atoms with E-state index in [1.54, 1.807) is 48.5 Å². The van der Waals surface area contributed by atoms with Crippen molar-refractivity contribution >= 4 is 29.6 Å². The first-order valence-electron chi connectivity index (χ1n) is 9.60. The van der Waals surface area contributed by atoms with Gasteiger partial charge in [-0.05, 0) is 24.3 Å². The second-order valence-electron chi connectivity index (χ2n) is 7.43. The molecule has 8 nitrogen and oxygen atoms in total. The number of esters is 1. The number of amides is 4. The van der Waals surface area contributed by atoms with E-state index in [2.05, 4.69) is 0 Å². The molecule has 2 aromatic rings. The number of nitrogens with zero attached hydrogens (tertiary/aromatic N) is 2. The normalized spacial score (nSPS) is 22.6. The van der Waals surface area contributed by atoms with Crippen LogP contribution in [-0.2, 0) is 9.53 Å². The lowest BCUT2D eigenvalue weighted by atomic mass is 10.1. The topological polar surface area (TPSA) is 101 Å². The molecule has 2 unspecified atom stereocenters. The Kier molecular flexibility index (Phi) is 4.02. The van der Waals surface area contributed by atoms with E-state index in [4.69, 9.17) is 4.74 Å². The molecule has 2 aromatic carbocycles. The number of imide groups is 2. The third-order valence-corrected chi connectivity index (χ3v) is 5.73. The van der Waals surface area contributed by atoms with Crippen LogP contribution in [0.4, 0.5) is 0 Å². The molecule has 0 aliphatic carbocycles. The lowest BCUT2D eigenvalue weighted by Gasteiger charge is -2.18. The van der Waals surface area contributed by atoms with Crippen molar-refractivity contribution in [2.75, 3.05) is 6.54 Å². The Morgan fingerprint density at radius 1 is 0.733 bits per heavy atom. The Labute approximate surface area is 171 Å². The van der Waals surface area contributed by atoms with E-state index in [1.165, 1.54) is 0 Å². The summed E-state index contributed by atoms with van der Waals surface area (Å²) in [5, 5.41) is 0. The third kappa shape index (κ3) is 2.57. The van der Waals surface area contributed by atoms with Crippen molar-refractivity contribution in [3.05, 3.63) is 70.8 Å². The van der Waals surface area contributed by atoms with Gasteiger partial charge in [-0.15, -0.1) is 0 Å². The SMILES string of the molecule is O=C1OC(CCN2C(=O)c3ccccc3C2=O)CC1N1C(=O)c2ccccc2C1=O. The van der Waals surface area contributed by atoms with E-state index < -0.39 is 29.9 Å². The summed E-state index contributed by atoms with van der Waals surface area (Å²) in [7, 11) is 0. The van der Waals surface area contributed by atoms with E-state index in [-0.39, 0.29) is 42.3 Å². The summed E-state index contributed by atoms with van der Waals surface area (Å²) in [5.74, 6) is -2.44. The van der Waals surface area contributed by atoms with Crippen molar-refractivity contribution in [2.45, 2.75) is 25.0 Å². The maximum absolute atomic E-state index is 12.6. The van der Waals surface area contributed by atoms with Gasteiger partial charge in [0, 0.05) is 19.4 Å². The minimum absolute atomic E-state index is 0.0825. The maximum Gasteiger partial charge on any atom is 0.329 e. The Hall–Kier alpha value is -3.81. The van der Waals surface area contributed by atoms with Crippen LogP contribution in [0.25, 0.3) is 0 Å². The van der Waals surface area contributed by atoms with Crippen LogP contribution in [-0.4, -0.2) is 58.1 Å². The predicted molar refractivity (Wildman–Crippen MR) is 102 cm³/mol. The van der Waals surface area contributed by atoms with Gasteiger partial charge in [-0.3, -0.25) is 29.0 Å². The summed E-state index contributed by atoms with van der Waals surface area (Å²) in [5.41, 5.74) is 1.25. The summed E-state index contributed by atoms with van der Waals surface area (Å²) in [6.45, 7) is 0.0825. The molecule has 8 heteroatoms. The van der Waals surface area contributed by atoms with Crippen molar-refractivity contribution in [3.8, 4) is 0 Å². The maximum atomic E-state index is 12.6. The Morgan fingerprint density at radius 3 is 1.70 bits per heavy atom. The second-order valence-corrected chi connectivity index (χ2v) is 7.43. The highest BCUT2D eigenvalue weighted by Crippen LogP contribution is 2.31. The molecule has 0 N–H and O–H groups in total. The highest BCUT2D eigenvalue weighted by molar-refractivity contribution is 6.23. The van der Waals surface area contributed by atoms with E-state index in [0.29, 0.717) is 11.1 Å². The number of carbonyl (C=O) groups is 5. The number of cyclic esters (lactones) is 1. The molecule has 3 heterocycles.